The average Bonchev–Trinajstić information content (AvgIpc) is 2.99. The van der Waals surface area contributed by atoms with Gasteiger partial charge >= 0.3 is 0 Å². The van der Waals surface area contributed by atoms with E-state index in [2.05, 4.69) is 41.2 Å². The zero-order valence-electron chi connectivity index (χ0n) is 13.9. The SMILES string of the molecule is Cc1nccn1CCC(=O)N1CCN(C)C(c2ccccc2)C1. The van der Waals surface area contributed by atoms with Gasteiger partial charge in [0.15, 0.2) is 0 Å². The topological polar surface area (TPSA) is 41.4 Å². The summed E-state index contributed by atoms with van der Waals surface area (Å²) in [5, 5.41) is 0. The number of carbonyl (C=O) groups excluding carboxylic acids is 1. The van der Waals surface area contributed by atoms with Crippen molar-refractivity contribution < 1.29 is 4.79 Å². The van der Waals surface area contributed by atoms with E-state index in [9.17, 15) is 4.79 Å². The minimum Gasteiger partial charge on any atom is -0.339 e. The number of imidazole rings is 1. The maximum absolute atomic E-state index is 12.6. The Hall–Kier alpha value is -2.14. The zero-order chi connectivity index (χ0) is 16.2. The number of aromatic nitrogens is 2. The molecule has 5 heteroatoms. The summed E-state index contributed by atoms with van der Waals surface area (Å²) in [6.45, 7) is 5.15. The first-order chi connectivity index (χ1) is 11.1. The number of carbonyl (C=O) groups is 1. The van der Waals surface area contributed by atoms with Crippen molar-refractivity contribution in [3.05, 3.63) is 54.1 Å². The maximum Gasteiger partial charge on any atom is 0.224 e. The molecule has 1 aliphatic heterocycles. The largest absolute Gasteiger partial charge is 0.339 e. The summed E-state index contributed by atoms with van der Waals surface area (Å²) in [4.78, 5) is 21.1. The summed E-state index contributed by atoms with van der Waals surface area (Å²) in [6, 6.07) is 10.7. The van der Waals surface area contributed by atoms with Crippen LogP contribution in [0, 0.1) is 6.92 Å². The minimum absolute atomic E-state index is 0.229. The molecule has 0 aliphatic carbocycles. The summed E-state index contributed by atoms with van der Waals surface area (Å²) in [5.41, 5.74) is 1.28. The van der Waals surface area contributed by atoms with Crippen molar-refractivity contribution in [2.45, 2.75) is 25.9 Å². The van der Waals surface area contributed by atoms with Gasteiger partial charge in [0, 0.05) is 45.0 Å². The first kappa shape index (κ1) is 15.7. The van der Waals surface area contributed by atoms with Gasteiger partial charge in [-0.2, -0.15) is 0 Å². The molecule has 3 rings (SSSR count). The fourth-order valence-electron chi connectivity index (χ4n) is 3.15. The number of rotatable bonds is 4. The van der Waals surface area contributed by atoms with Crippen molar-refractivity contribution in [2.24, 2.45) is 0 Å². The van der Waals surface area contributed by atoms with Crippen LogP contribution < -0.4 is 0 Å². The van der Waals surface area contributed by atoms with E-state index in [4.69, 9.17) is 0 Å². The molecule has 1 aromatic heterocycles. The molecule has 2 heterocycles. The lowest BCUT2D eigenvalue weighted by Crippen LogP contribution is -2.49. The van der Waals surface area contributed by atoms with E-state index in [1.54, 1.807) is 6.20 Å². The van der Waals surface area contributed by atoms with Gasteiger partial charge in [-0.25, -0.2) is 4.98 Å². The molecule has 1 fully saturated rings. The summed E-state index contributed by atoms with van der Waals surface area (Å²) in [7, 11) is 2.13. The van der Waals surface area contributed by atoms with Crippen LogP contribution >= 0.6 is 0 Å². The third kappa shape index (κ3) is 3.62. The molecule has 0 N–H and O–H groups in total. The van der Waals surface area contributed by atoms with Crippen molar-refractivity contribution in [1.29, 1.82) is 0 Å². The molecular weight excluding hydrogens is 288 g/mol. The van der Waals surface area contributed by atoms with E-state index < -0.39 is 0 Å². The van der Waals surface area contributed by atoms with Gasteiger partial charge in [-0.05, 0) is 19.5 Å². The number of aryl methyl sites for hydroxylation is 2. The molecule has 0 spiro atoms. The molecule has 5 nitrogen and oxygen atoms in total. The molecule has 1 aliphatic rings. The highest BCUT2D eigenvalue weighted by molar-refractivity contribution is 5.76. The maximum atomic E-state index is 12.6. The molecule has 1 atom stereocenters. The van der Waals surface area contributed by atoms with E-state index in [1.165, 1.54) is 5.56 Å². The molecule has 0 radical (unpaired) electrons. The van der Waals surface area contributed by atoms with Crippen LogP contribution in [-0.2, 0) is 11.3 Å². The van der Waals surface area contributed by atoms with Crippen LogP contribution in [0.5, 0.6) is 0 Å². The van der Waals surface area contributed by atoms with Crippen LogP contribution in [-0.4, -0.2) is 51.9 Å². The van der Waals surface area contributed by atoms with Crippen LogP contribution in [0.4, 0.5) is 0 Å². The fourth-order valence-corrected chi connectivity index (χ4v) is 3.15. The summed E-state index contributed by atoms with van der Waals surface area (Å²) in [5.74, 6) is 1.19. The lowest BCUT2D eigenvalue weighted by atomic mass is 10.0. The van der Waals surface area contributed by atoms with Crippen molar-refractivity contribution in [3.8, 4) is 0 Å². The van der Waals surface area contributed by atoms with Gasteiger partial charge in [-0.3, -0.25) is 9.69 Å². The van der Waals surface area contributed by atoms with Crippen molar-refractivity contribution >= 4 is 5.91 Å². The first-order valence-electron chi connectivity index (χ1n) is 8.16. The summed E-state index contributed by atoms with van der Waals surface area (Å²) in [6.07, 6.45) is 4.24. The minimum atomic E-state index is 0.229. The van der Waals surface area contributed by atoms with Crippen molar-refractivity contribution in [1.82, 2.24) is 19.4 Å². The van der Waals surface area contributed by atoms with Gasteiger partial charge in [0.05, 0.1) is 6.04 Å². The molecule has 1 aromatic carbocycles. The average molecular weight is 312 g/mol. The van der Waals surface area contributed by atoms with Crippen LogP contribution in [0.3, 0.4) is 0 Å². The van der Waals surface area contributed by atoms with Gasteiger partial charge in [0.25, 0.3) is 0 Å². The predicted molar refractivity (Wildman–Crippen MR) is 90.0 cm³/mol. The number of hydrogen-bond acceptors (Lipinski definition) is 3. The standard InChI is InChI=1S/C18H24N4O/c1-15-19-9-11-21(15)10-8-18(23)22-13-12-20(2)17(14-22)16-6-4-3-5-7-16/h3-7,9,11,17H,8,10,12-14H2,1-2H3. The van der Waals surface area contributed by atoms with Crippen LogP contribution in [0.15, 0.2) is 42.7 Å². The second kappa shape index (κ2) is 6.96. The Labute approximate surface area is 137 Å². The van der Waals surface area contributed by atoms with Crippen LogP contribution in [0.2, 0.25) is 0 Å². The van der Waals surface area contributed by atoms with E-state index >= 15 is 0 Å². The normalized spacial score (nSPS) is 19.0. The Morgan fingerprint density at radius 3 is 2.74 bits per heavy atom. The summed E-state index contributed by atoms with van der Waals surface area (Å²) >= 11 is 0. The third-order valence-corrected chi connectivity index (χ3v) is 4.68. The number of nitrogens with zero attached hydrogens (tertiary/aromatic N) is 4. The molecule has 1 saturated heterocycles. The number of amides is 1. The zero-order valence-corrected chi connectivity index (χ0v) is 13.9. The van der Waals surface area contributed by atoms with Gasteiger partial charge in [0.2, 0.25) is 5.91 Å². The van der Waals surface area contributed by atoms with Gasteiger partial charge in [-0.15, -0.1) is 0 Å². The fraction of sp³-hybridized carbons (Fsp3) is 0.444. The second-order valence-corrected chi connectivity index (χ2v) is 6.16. The Balaban J connectivity index is 1.61. The van der Waals surface area contributed by atoms with Crippen molar-refractivity contribution in [2.75, 3.05) is 26.7 Å². The molecule has 1 unspecified atom stereocenters. The highest BCUT2D eigenvalue weighted by atomic mass is 16.2. The smallest absolute Gasteiger partial charge is 0.224 e. The van der Waals surface area contributed by atoms with Gasteiger partial charge < -0.3 is 9.47 Å². The molecule has 1 amide bonds. The van der Waals surface area contributed by atoms with Crippen LogP contribution in [0.25, 0.3) is 0 Å². The Morgan fingerprint density at radius 1 is 1.26 bits per heavy atom. The second-order valence-electron chi connectivity index (χ2n) is 6.16. The lowest BCUT2D eigenvalue weighted by molar-refractivity contribution is -0.134. The summed E-state index contributed by atoms with van der Waals surface area (Å²) < 4.78 is 2.03. The van der Waals surface area contributed by atoms with E-state index in [0.717, 1.165) is 25.5 Å². The number of likely N-dealkylation sites (N-methyl/N-ethyl adjacent to an activating group) is 1. The molecule has 23 heavy (non-hydrogen) atoms. The first-order valence-corrected chi connectivity index (χ1v) is 8.16. The van der Waals surface area contributed by atoms with Gasteiger partial charge in [0.1, 0.15) is 5.82 Å². The number of hydrogen-bond donors (Lipinski definition) is 0. The quantitative estimate of drug-likeness (QED) is 0.868. The molecule has 0 saturated carbocycles. The monoisotopic (exact) mass is 312 g/mol. The van der Waals surface area contributed by atoms with Crippen molar-refractivity contribution in [3.63, 3.8) is 0 Å². The number of piperazine rings is 1. The molecule has 0 bridgehead atoms. The van der Waals surface area contributed by atoms with Crippen LogP contribution in [0.1, 0.15) is 23.9 Å². The Morgan fingerprint density at radius 2 is 2.04 bits per heavy atom. The third-order valence-electron chi connectivity index (χ3n) is 4.68. The highest BCUT2D eigenvalue weighted by Gasteiger charge is 2.28. The Kier molecular flexibility index (Phi) is 4.76. The predicted octanol–water partition coefficient (Wildman–Crippen LogP) is 2.10. The lowest BCUT2D eigenvalue weighted by Gasteiger charge is -2.39. The molecule has 2 aromatic rings. The van der Waals surface area contributed by atoms with E-state index in [1.807, 2.05) is 28.7 Å². The number of benzene rings is 1. The Bertz CT molecular complexity index is 652. The van der Waals surface area contributed by atoms with E-state index in [-0.39, 0.29) is 11.9 Å². The molecule has 122 valence electrons. The molecular formula is C18H24N4O. The van der Waals surface area contributed by atoms with E-state index in [0.29, 0.717) is 13.0 Å². The highest BCUT2D eigenvalue weighted by Crippen LogP contribution is 2.24. The van der Waals surface area contributed by atoms with Gasteiger partial charge in [-0.1, -0.05) is 30.3 Å².